The Hall–Kier alpha value is -2.10. The maximum Gasteiger partial charge on any atom is 0.339 e. The molecule has 1 aromatic rings. The van der Waals surface area contributed by atoms with E-state index in [0.717, 1.165) is 19.3 Å². The zero-order valence-electron chi connectivity index (χ0n) is 19.7. The topological polar surface area (TPSA) is 52.6 Å². The molecule has 4 heteroatoms. The number of ether oxygens (including phenoxy) is 2. The molecule has 0 unspecified atom stereocenters. The molecule has 31 heavy (non-hydrogen) atoms. The third-order valence-electron chi connectivity index (χ3n) is 5.27. The molecule has 0 aliphatic carbocycles. The van der Waals surface area contributed by atoms with E-state index in [9.17, 15) is 9.59 Å². The molecule has 1 rings (SSSR count). The van der Waals surface area contributed by atoms with Crippen LogP contribution in [-0.4, -0.2) is 25.2 Å². The van der Waals surface area contributed by atoms with Crippen LogP contribution in [0.15, 0.2) is 36.4 Å². The van der Waals surface area contributed by atoms with Crippen molar-refractivity contribution >= 4 is 11.9 Å². The van der Waals surface area contributed by atoms with E-state index in [1.165, 1.54) is 57.8 Å². The summed E-state index contributed by atoms with van der Waals surface area (Å²) < 4.78 is 10.7. The Morgan fingerprint density at radius 1 is 0.677 bits per heavy atom. The first-order valence-electron chi connectivity index (χ1n) is 12.3. The number of carbonyl (C=O) groups is 2. The van der Waals surface area contributed by atoms with Gasteiger partial charge in [0, 0.05) is 0 Å². The monoisotopic (exact) mass is 430 g/mol. The van der Waals surface area contributed by atoms with E-state index in [1.807, 2.05) is 12.2 Å². The standard InChI is InChI=1S/C27H42O4/c1-3-5-7-9-10-11-12-13-14-15-19-23-31-27(29)25-21-17-16-20-24(25)26(28)30-22-18-8-6-4-2/h6,8,16-17,20-21H,3-5,7,9-15,18-19,22-23H2,1-2H3/b8-6+. The number of allylic oxidation sites excluding steroid dienone is 1. The Kier molecular flexibility index (Phi) is 16.2. The van der Waals surface area contributed by atoms with Crippen molar-refractivity contribution in [1.82, 2.24) is 0 Å². The predicted octanol–water partition coefficient (Wildman–Crippen LogP) is 7.67. The van der Waals surface area contributed by atoms with E-state index >= 15 is 0 Å². The highest BCUT2D eigenvalue weighted by molar-refractivity contribution is 6.03. The molecule has 0 atom stereocenters. The molecular formula is C27H42O4. The molecular weight excluding hydrogens is 388 g/mol. The summed E-state index contributed by atoms with van der Waals surface area (Å²) in [6.07, 6.45) is 19.4. The first-order chi connectivity index (χ1) is 15.2. The molecule has 174 valence electrons. The number of benzene rings is 1. The van der Waals surface area contributed by atoms with Crippen LogP contribution in [0.25, 0.3) is 0 Å². The van der Waals surface area contributed by atoms with Crippen molar-refractivity contribution in [1.29, 1.82) is 0 Å². The van der Waals surface area contributed by atoms with E-state index < -0.39 is 11.9 Å². The average Bonchev–Trinajstić information content (AvgIpc) is 2.79. The van der Waals surface area contributed by atoms with Crippen molar-refractivity contribution in [2.24, 2.45) is 0 Å². The van der Waals surface area contributed by atoms with Gasteiger partial charge >= 0.3 is 11.9 Å². The maximum absolute atomic E-state index is 12.4. The normalized spacial score (nSPS) is 11.0. The number of esters is 2. The summed E-state index contributed by atoms with van der Waals surface area (Å²) >= 11 is 0. The van der Waals surface area contributed by atoms with Crippen LogP contribution in [0.2, 0.25) is 0 Å². The molecule has 0 aliphatic rings. The molecule has 0 radical (unpaired) electrons. The van der Waals surface area contributed by atoms with Gasteiger partial charge in [-0.3, -0.25) is 0 Å². The first-order valence-corrected chi connectivity index (χ1v) is 12.3. The van der Waals surface area contributed by atoms with Crippen molar-refractivity contribution < 1.29 is 19.1 Å². The number of carbonyl (C=O) groups excluding carboxylic acids is 2. The second-order valence-corrected chi connectivity index (χ2v) is 8.02. The Morgan fingerprint density at radius 2 is 1.16 bits per heavy atom. The van der Waals surface area contributed by atoms with Crippen molar-refractivity contribution in [3.05, 3.63) is 47.5 Å². The summed E-state index contributed by atoms with van der Waals surface area (Å²) in [5, 5.41) is 0. The maximum atomic E-state index is 12.4. The van der Waals surface area contributed by atoms with E-state index in [4.69, 9.17) is 9.47 Å². The van der Waals surface area contributed by atoms with Gasteiger partial charge < -0.3 is 9.47 Å². The number of rotatable bonds is 18. The van der Waals surface area contributed by atoms with E-state index in [-0.39, 0.29) is 11.1 Å². The Morgan fingerprint density at radius 3 is 1.68 bits per heavy atom. The summed E-state index contributed by atoms with van der Waals surface area (Å²) in [4.78, 5) is 24.7. The van der Waals surface area contributed by atoms with Crippen molar-refractivity contribution in [2.75, 3.05) is 13.2 Å². The van der Waals surface area contributed by atoms with Crippen LogP contribution in [-0.2, 0) is 9.47 Å². The van der Waals surface area contributed by atoms with Crippen molar-refractivity contribution in [2.45, 2.75) is 97.3 Å². The van der Waals surface area contributed by atoms with Crippen LogP contribution >= 0.6 is 0 Å². The van der Waals surface area contributed by atoms with Gasteiger partial charge in [-0.05, 0) is 31.4 Å². The van der Waals surface area contributed by atoms with E-state index in [1.54, 1.807) is 24.3 Å². The fourth-order valence-electron chi connectivity index (χ4n) is 3.43. The number of hydrogen-bond donors (Lipinski definition) is 0. The minimum Gasteiger partial charge on any atom is -0.462 e. The van der Waals surface area contributed by atoms with Crippen molar-refractivity contribution in [3.63, 3.8) is 0 Å². The second-order valence-electron chi connectivity index (χ2n) is 8.02. The summed E-state index contributed by atoms with van der Waals surface area (Å²) in [5.41, 5.74) is 0.547. The third kappa shape index (κ3) is 13.0. The van der Waals surface area contributed by atoms with Crippen LogP contribution in [0.3, 0.4) is 0 Å². The van der Waals surface area contributed by atoms with Crippen LogP contribution in [0.4, 0.5) is 0 Å². The van der Waals surface area contributed by atoms with Gasteiger partial charge in [-0.15, -0.1) is 0 Å². The van der Waals surface area contributed by atoms with Crippen LogP contribution < -0.4 is 0 Å². The third-order valence-corrected chi connectivity index (χ3v) is 5.27. The van der Waals surface area contributed by atoms with Crippen molar-refractivity contribution in [3.8, 4) is 0 Å². The zero-order chi connectivity index (χ0) is 22.6. The van der Waals surface area contributed by atoms with Gasteiger partial charge in [0.1, 0.15) is 0 Å². The van der Waals surface area contributed by atoms with Gasteiger partial charge in [-0.1, -0.05) is 102 Å². The van der Waals surface area contributed by atoms with Gasteiger partial charge in [0.15, 0.2) is 0 Å². The molecule has 0 N–H and O–H groups in total. The summed E-state index contributed by atoms with van der Waals surface area (Å²) in [6.45, 7) is 5.00. The molecule has 0 saturated heterocycles. The summed E-state index contributed by atoms with van der Waals surface area (Å²) in [6, 6.07) is 6.70. The Bertz CT molecular complexity index is 636. The molecule has 0 aromatic heterocycles. The van der Waals surface area contributed by atoms with E-state index in [2.05, 4.69) is 13.8 Å². The highest BCUT2D eigenvalue weighted by atomic mass is 16.5. The lowest BCUT2D eigenvalue weighted by Gasteiger charge is -2.09. The fraction of sp³-hybridized carbons (Fsp3) is 0.630. The lowest BCUT2D eigenvalue weighted by atomic mass is 10.1. The fourth-order valence-corrected chi connectivity index (χ4v) is 3.43. The Balaban J connectivity index is 2.21. The quantitative estimate of drug-likeness (QED) is 0.136. The molecule has 4 nitrogen and oxygen atoms in total. The minimum absolute atomic E-state index is 0.269. The second kappa shape index (κ2) is 18.7. The van der Waals surface area contributed by atoms with Crippen LogP contribution in [0, 0.1) is 0 Å². The molecule has 0 bridgehead atoms. The zero-order valence-corrected chi connectivity index (χ0v) is 19.7. The smallest absolute Gasteiger partial charge is 0.339 e. The SMILES string of the molecule is CC/C=C/CCOC(=O)c1ccccc1C(=O)OCCCCCCCCCCCCC. The van der Waals surface area contributed by atoms with Gasteiger partial charge in [0.25, 0.3) is 0 Å². The molecule has 0 fully saturated rings. The predicted molar refractivity (Wildman–Crippen MR) is 128 cm³/mol. The molecule has 0 heterocycles. The summed E-state index contributed by atoms with van der Waals surface area (Å²) in [5.74, 6) is -0.933. The molecule has 0 saturated carbocycles. The largest absolute Gasteiger partial charge is 0.462 e. The Labute approximate surface area is 189 Å². The van der Waals surface area contributed by atoms with E-state index in [0.29, 0.717) is 19.6 Å². The van der Waals surface area contributed by atoms with Crippen LogP contribution in [0.5, 0.6) is 0 Å². The summed E-state index contributed by atoms with van der Waals surface area (Å²) in [7, 11) is 0. The lowest BCUT2D eigenvalue weighted by Crippen LogP contribution is -2.14. The minimum atomic E-state index is -0.479. The molecule has 0 amide bonds. The highest BCUT2D eigenvalue weighted by Gasteiger charge is 2.18. The molecule has 0 aliphatic heterocycles. The number of hydrogen-bond acceptors (Lipinski definition) is 4. The van der Waals surface area contributed by atoms with Gasteiger partial charge in [0.05, 0.1) is 24.3 Å². The van der Waals surface area contributed by atoms with Gasteiger partial charge in [0.2, 0.25) is 0 Å². The molecule has 0 spiro atoms. The lowest BCUT2D eigenvalue weighted by molar-refractivity contribution is 0.0457. The highest BCUT2D eigenvalue weighted by Crippen LogP contribution is 2.14. The average molecular weight is 431 g/mol. The van der Waals surface area contributed by atoms with Gasteiger partial charge in [-0.25, -0.2) is 9.59 Å². The first kappa shape index (κ1) is 26.9. The van der Waals surface area contributed by atoms with Crippen LogP contribution in [0.1, 0.15) is 118 Å². The molecule has 1 aromatic carbocycles. The number of unbranched alkanes of at least 4 members (excludes halogenated alkanes) is 10. The van der Waals surface area contributed by atoms with Gasteiger partial charge in [-0.2, -0.15) is 0 Å².